The summed E-state index contributed by atoms with van der Waals surface area (Å²) in [6, 6.07) is 4.69. The molecule has 2 rings (SSSR count). The molecule has 6 nitrogen and oxygen atoms in total. The molecule has 0 aromatic heterocycles. The largest absolute Gasteiger partial charge is 0.348 e. The first-order valence-electron chi connectivity index (χ1n) is 6.46. The maximum Gasteiger partial charge on any atom is 0.283 e. The number of amides is 1. The molecular weight excluding hydrogens is 314 g/mol. The summed E-state index contributed by atoms with van der Waals surface area (Å²) >= 11 is 1.30. The third-order valence-corrected chi connectivity index (χ3v) is 4.05. The van der Waals surface area contributed by atoms with Gasteiger partial charge in [-0.15, -0.1) is 24.2 Å². The number of carbonyl (C=O) groups is 1. The number of thioether (sulfide) groups is 1. The molecule has 21 heavy (non-hydrogen) atoms. The summed E-state index contributed by atoms with van der Waals surface area (Å²) in [5.74, 6) is -0.255. The molecule has 0 saturated carbocycles. The summed E-state index contributed by atoms with van der Waals surface area (Å²) < 4.78 is 0. The number of nitrogens with one attached hydrogen (secondary N) is 2. The first kappa shape index (κ1) is 17.7. The Labute approximate surface area is 133 Å². The van der Waals surface area contributed by atoms with Crippen molar-refractivity contribution >= 4 is 35.8 Å². The number of hydrogen-bond donors (Lipinski definition) is 2. The van der Waals surface area contributed by atoms with E-state index in [4.69, 9.17) is 0 Å². The van der Waals surface area contributed by atoms with Crippen LogP contribution >= 0.6 is 24.2 Å². The first-order valence-corrected chi connectivity index (χ1v) is 7.68. The smallest absolute Gasteiger partial charge is 0.283 e. The van der Waals surface area contributed by atoms with E-state index in [1.165, 1.54) is 17.8 Å². The van der Waals surface area contributed by atoms with Gasteiger partial charge in [0.05, 0.1) is 9.82 Å². The minimum Gasteiger partial charge on any atom is -0.348 e. The average molecular weight is 332 g/mol. The topological polar surface area (TPSA) is 84.3 Å². The quantitative estimate of drug-likeness (QED) is 0.502. The van der Waals surface area contributed by atoms with Gasteiger partial charge >= 0.3 is 0 Å². The fourth-order valence-electron chi connectivity index (χ4n) is 2.22. The third-order valence-electron chi connectivity index (χ3n) is 3.27. The van der Waals surface area contributed by atoms with Crippen molar-refractivity contribution in [1.29, 1.82) is 0 Å². The zero-order chi connectivity index (χ0) is 14.5. The van der Waals surface area contributed by atoms with Crippen molar-refractivity contribution in [3.05, 3.63) is 33.9 Å². The van der Waals surface area contributed by atoms with E-state index in [9.17, 15) is 14.9 Å². The maximum atomic E-state index is 12.1. The highest BCUT2D eigenvalue weighted by Crippen LogP contribution is 2.28. The van der Waals surface area contributed by atoms with Crippen LogP contribution in [0, 0.1) is 10.1 Å². The van der Waals surface area contributed by atoms with Crippen LogP contribution < -0.4 is 10.6 Å². The summed E-state index contributed by atoms with van der Waals surface area (Å²) in [6.07, 6.45) is 3.73. The SMILES string of the molecule is CSc1ccc(C(=O)N[C@H]2CCCNC2)cc1[N+](=O)[O-].Cl. The van der Waals surface area contributed by atoms with Crippen molar-refractivity contribution in [2.75, 3.05) is 19.3 Å². The lowest BCUT2D eigenvalue weighted by molar-refractivity contribution is -0.387. The molecule has 8 heteroatoms. The van der Waals surface area contributed by atoms with Crippen molar-refractivity contribution in [3.63, 3.8) is 0 Å². The fourth-order valence-corrected chi connectivity index (χ4v) is 2.76. The zero-order valence-electron chi connectivity index (χ0n) is 11.6. The number of carbonyl (C=O) groups excluding carboxylic acids is 1. The molecule has 0 unspecified atom stereocenters. The van der Waals surface area contributed by atoms with E-state index in [1.54, 1.807) is 18.4 Å². The van der Waals surface area contributed by atoms with E-state index in [0.717, 1.165) is 25.9 Å². The highest BCUT2D eigenvalue weighted by molar-refractivity contribution is 7.98. The van der Waals surface area contributed by atoms with Gasteiger partial charge in [0.2, 0.25) is 0 Å². The molecule has 1 aliphatic rings. The van der Waals surface area contributed by atoms with Crippen LogP contribution in [0.3, 0.4) is 0 Å². The number of halogens is 1. The van der Waals surface area contributed by atoms with Crippen LogP contribution in [0.15, 0.2) is 23.1 Å². The Morgan fingerprint density at radius 2 is 2.29 bits per heavy atom. The number of hydrogen-bond acceptors (Lipinski definition) is 5. The molecule has 1 amide bonds. The summed E-state index contributed by atoms with van der Waals surface area (Å²) in [5, 5.41) is 17.1. The molecule has 1 aromatic carbocycles. The molecule has 1 aromatic rings. The molecule has 0 aliphatic carbocycles. The number of nitrogens with zero attached hydrogens (tertiary/aromatic N) is 1. The lowest BCUT2D eigenvalue weighted by Gasteiger charge is -2.23. The van der Waals surface area contributed by atoms with E-state index in [0.29, 0.717) is 10.5 Å². The van der Waals surface area contributed by atoms with Gasteiger partial charge in [-0.25, -0.2) is 0 Å². The van der Waals surface area contributed by atoms with Crippen LogP contribution in [0.2, 0.25) is 0 Å². The molecule has 1 fully saturated rings. The van der Waals surface area contributed by atoms with Gasteiger partial charge in [0.15, 0.2) is 0 Å². The van der Waals surface area contributed by atoms with Crippen LogP contribution in [0.25, 0.3) is 0 Å². The van der Waals surface area contributed by atoms with E-state index in [1.807, 2.05) is 0 Å². The van der Waals surface area contributed by atoms with Gasteiger partial charge in [-0.3, -0.25) is 14.9 Å². The fraction of sp³-hybridized carbons (Fsp3) is 0.462. The summed E-state index contributed by atoms with van der Waals surface area (Å²) in [4.78, 5) is 23.2. The Bertz CT molecular complexity index is 521. The monoisotopic (exact) mass is 331 g/mol. The number of benzene rings is 1. The molecule has 1 heterocycles. The van der Waals surface area contributed by atoms with Crippen molar-refractivity contribution in [1.82, 2.24) is 10.6 Å². The second kappa shape index (κ2) is 8.21. The highest BCUT2D eigenvalue weighted by Gasteiger charge is 2.20. The van der Waals surface area contributed by atoms with Gasteiger partial charge in [0, 0.05) is 24.2 Å². The second-order valence-electron chi connectivity index (χ2n) is 4.66. The van der Waals surface area contributed by atoms with Gasteiger partial charge in [0.25, 0.3) is 11.6 Å². The number of rotatable bonds is 4. The van der Waals surface area contributed by atoms with E-state index < -0.39 is 4.92 Å². The minimum absolute atomic E-state index is 0. The molecule has 116 valence electrons. The predicted octanol–water partition coefficient (Wildman–Crippen LogP) is 2.22. The molecule has 1 atom stereocenters. The molecule has 1 aliphatic heterocycles. The Morgan fingerprint density at radius 3 is 2.86 bits per heavy atom. The summed E-state index contributed by atoms with van der Waals surface area (Å²) in [7, 11) is 0. The maximum absolute atomic E-state index is 12.1. The molecular formula is C13H18ClN3O3S. The second-order valence-corrected chi connectivity index (χ2v) is 5.51. The van der Waals surface area contributed by atoms with Crippen LogP contribution in [0.4, 0.5) is 5.69 Å². The summed E-state index contributed by atoms with van der Waals surface area (Å²) in [5.41, 5.74) is 0.312. The number of nitro groups is 1. The lowest BCUT2D eigenvalue weighted by Crippen LogP contribution is -2.45. The van der Waals surface area contributed by atoms with Crippen molar-refractivity contribution in [3.8, 4) is 0 Å². The lowest BCUT2D eigenvalue weighted by atomic mass is 10.1. The van der Waals surface area contributed by atoms with Gasteiger partial charge in [-0.05, 0) is 37.8 Å². The Balaban J connectivity index is 0.00000220. The minimum atomic E-state index is -0.454. The van der Waals surface area contributed by atoms with Gasteiger partial charge in [-0.2, -0.15) is 0 Å². The third kappa shape index (κ3) is 4.59. The van der Waals surface area contributed by atoms with Gasteiger partial charge < -0.3 is 10.6 Å². The molecule has 0 spiro atoms. The van der Waals surface area contributed by atoms with Crippen molar-refractivity contribution in [2.45, 2.75) is 23.8 Å². The van der Waals surface area contributed by atoms with E-state index in [2.05, 4.69) is 10.6 Å². The molecule has 0 bridgehead atoms. The Morgan fingerprint density at radius 1 is 1.52 bits per heavy atom. The number of piperidine rings is 1. The van der Waals surface area contributed by atoms with Crippen molar-refractivity contribution < 1.29 is 9.72 Å². The Hall–Kier alpha value is -1.31. The molecule has 1 saturated heterocycles. The van der Waals surface area contributed by atoms with Crippen LogP contribution in [-0.4, -0.2) is 36.2 Å². The first-order chi connectivity index (χ1) is 9.61. The average Bonchev–Trinajstić information content (AvgIpc) is 2.47. The van der Waals surface area contributed by atoms with Gasteiger partial charge in [0.1, 0.15) is 0 Å². The van der Waals surface area contributed by atoms with Crippen molar-refractivity contribution in [2.24, 2.45) is 0 Å². The molecule has 2 N–H and O–H groups in total. The van der Waals surface area contributed by atoms with Crippen LogP contribution in [0.1, 0.15) is 23.2 Å². The highest BCUT2D eigenvalue weighted by atomic mass is 35.5. The predicted molar refractivity (Wildman–Crippen MR) is 85.5 cm³/mol. The van der Waals surface area contributed by atoms with E-state index >= 15 is 0 Å². The van der Waals surface area contributed by atoms with Crippen LogP contribution in [0.5, 0.6) is 0 Å². The molecule has 0 radical (unpaired) electrons. The standard InChI is InChI=1S/C13H17N3O3S.ClH/c1-20-12-5-4-9(7-11(12)16(18)19)13(17)15-10-3-2-6-14-8-10;/h4-5,7,10,14H,2-3,6,8H2,1H3,(H,15,17);1H/t10-;/m0./s1. The Kier molecular flexibility index (Phi) is 6.94. The van der Waals surface area contributed by atoms with E-state index in [-0.39, 0.29) is 30.0 Å². The zero-order valence-corrected chi connectivity index (χ0v) is 13.3. The number of nitro benzene ring substituents is 1. The summed E-state index contributed by atoms with van der Waals surface area (Å²) in [6.45, 7) is 1.72. The van der Waals surface area contributed by atoms with Gasteiger partial charge in [-0.1, -0.05) is 0 Å². The van der Waals surface area contributed by atoms with Crippen LogP contribution in [-0.2, 0) is 0 Å². The normalized spacial score (nSPS) is 17.7.